The average molecular weight is 221 g/mol. The monoisotopic (exact) mass is 221 g/mol. The predicted octanol–water partition coefficient (Wildman–Crippen LogP) is 1.39. The highest BCUT2D eigenvalue weighted by atomic mass is 16.1. The van der Waals surface area contributed by atoms with Gasteiger partial charge in [-0.1, -0.05) is 6.07 Å². The van der Waals surface area contributed by atoms with Crippen molar-refractivity contribution >= 4 is 5.91 Å². The van der Waals surface area contributed by atoms with Crippen LogP contribution in [0.1, 0.15) is 37.8 Å². The van der Waals surface area contributed by atoms with Gasteiger partial charge in [0.25, 0.3) is 0 Å². The van der Waals surface area contributed by atoms with E-state index in [-0.39, 0.29) is 11.9 Å². The molecule has 1 heterocycles. The summed E-state index contributed by atoms with van der Waals surface area (Å²) in [4.78, 5) is 15.5. The Hall–Kier alpha value is -1.42. The molecule has 0 bridgehead atoms. The Kier molecular flexibility index (Phi) is 5.50. The number of amides is 1. The maximum Gasteiger partial charge on any atom is 0.220 e. The number of pyridine rings is 1. The zero-order valence-corrected chi connectivity index (χ0v) is 9.65. The molecule has 4 nitrogen and oxygen atoms in total. The summed E-state index contributed by atoms with van der Waals surface area (Å²) in [6, 6.07) is 3.84. The molecule has 88 valence electrons. The zero-order valence-electron chi connectivity index (χ0n) is 9.65. The van der Waals surface area contributed by atoms with Gasteiger partial charge >= 0.3 is 0 Å². The first-order valence-electron chi connectivity index (χ1n) is 5.63. The van der Waals surface area contributed by atoms with Crippen molar-refractivity contribution in [2.24, 2.45) is 5.73 Å². The number of nitrogens with two attached hydrogens (primary N) is 1. The fourth-order valence-electron chi connectivity index (χ4n) is 1.46. The maximum atomic E-state index is 11.5. The van der Waals surface area contributed by atoms with E-state index in [9.17, 15) is 4.79 Å². The van der Waals surface area contributed by atoms with E-state index >= 15 is 0 Å². The van der Waals surface area contributed by atoms with Crippen molar-refractivity contribution in [3.63, 3.8) is 0 Å². The van der Waals surface area contributed by atoms with E-state index in [1.165, 1.54) is 0 Å². The van der Waals surface area contributed by atoms with Gasteiger partial charge in [-0.3, -0.25) is 9.78 Å². The Labute approximate surface area is 96.3 Å². The molecule has 16 heavy (non-hydrogen) atoms. The third kappa shape index (κ3) is 4.40. The number of carbonyl (C=O) groups is 1. The van der Waals surface area contributed by atoms with E-state index in [1.807, 2.05) is 19.1 Å². The highest BCUT2D eigenvalue weighted by Gasteiger charge is 2.08. The number of hydrogen-bond donors (Lipinski definition) is 2. The first-order valence-corrected chi connectivity index (χ1v) is 5.63. The topological polar surface area (TPSA) is 68.0 Å². The van der Waals surface area contributed by atoms with Crippen molar-refractivity contribution in [3.8, 4) is 0 Å². The first-order chi connectivity index (χ1) is 7.74. The Morgan fingerprint density at radius 1 is 1.56 bits per heavy atom. The van der Waals surface area contributed by atoms with Crippen molar-refractivity contribution in [2.45, 2.75) is 32.2 Å². The molecule has 1 rings (SSSR count). The van der Waals surface area contributed by atoms with Gasteiger partial charge in [-0.25, -0.2) is 0 Å². The molecule has 0 radical (unpaired) electrons. The molecule has 0 aromatic carbocycles. The molecule has 0 aliphatic rings. The van der Waals surface area contributed by atoms with E-state index in [0.717, 1.165) is 18.4 Å². The molecular weight excluding hydrogens is 202 g/mol. The summed E-state index contributed by atoms with van der Waals surface area (Å²) in [5.74, 6) is 0.0739. The van der Waals surface area contributed by atoms with Gasteiger partial charge in [0.15, 0.2) is 0 Å². The van der Waals surface area contributed by atoms with Gasteiger partial charge in [0.1, 0.15) is 0 Å². The quantitative estimate of drug-likeness (QED) is 0.713. The second-order valence-electron chi connectivity index (χ2n) is 3.82. The lowest BCUT2D eigenvalue weighted by atomic mass is 10.1. The lowest BCUT2D eigenvalue weighted by Gasteiger charge is -2.13. The van der Waals surface area contributed by atoms with Crippen molar-refractivity contribution in [1.82, 2.24) is 10.3 Å². The molecule has 0 aliphatic carbocycles. The van der Waals surface area contributed by atoms with Crippen molar-refractivity contribution in [2.75, 3.05) is 6.54 Å². The Morgan fingerprint density at radius 3 is 3.00 bits per heavy atom. The van der Waals surface area contributed by atoms with Crippen LogP contribution in [0.15, 0.2) is 24.5 Å². The molecule has 3 N–H and O–H groups in total. The van der Waals surface area contributed by atoms with E-state index in [1.54, 1.807) is 12.4 Å². The predicted molar refractivity (Wildman–Crippen MR) is 63.7 cm³/mol. The van der Waals surface area contributed by atoms with Crippen molar-refractivity contribution in [1.29, 1.82) is 0 Å². The van der Waals surface area contributed by atoms with Crippen LogP contribution >= 0.6 is 0 Å². The molecule has 0 saturated heterocycles. The third-order valence-corrected chi connectivity index (χ3v) is 2.42. The fourth-order valence-corrected chi connectivity index (χ4v) is 1.46. The molecule has 0 saturated carbocycles. The third-order valence-electron chi connectivity index (χ3n) is 2.42. The molecule has 0 unspecified atom stereocenters. The largest absolute Gasteiger partial charge is 0.350 e. The summed E-state index contributed by atoms with van der Waals surface area (Å²) in [7, 11) is 0. The number of nitrogens with zero attached hydrogens (tertiary/aromatic N) is 1. The molecule has 1 aromatic heterocycles. The lowest BCUT2D eigenvalue weighted by Crippen LogP contribution is -2.26. The van der Waals surface area contributed by atoms with Crippen LogP contribution < -0.4 is 11.1 Å². The van der Waals surface area contributed by atoms with Gasteiger partial charge in [-0.2, -0.15) is 0 Å². The Morgan fingerprint density at radius 2 is 2.38 bits per heavy atom. The summed E-state index contributed by atoms with van der Waals surface area (Å²) in [6.45, 7) is 2.60. The highest BCUT2D eigenvalue weighted by molar-refractivity contribution is 5.76. The van der Waals surface area contributed by atoms with Crippen LogP contribution in [-0.2, 0) is 4.79 Å². The fraction of sp³-hybridized carbons (Fsp3) is 0.500. The molecule has 1 aromatic rings. The second kappa shape index (κ2) is 6.95. The van der Waals surface area contributed by atoms with Gasteiger partial charge < -0.3 is 11.1 Å². The molecular formula is C12H19N3O. The molecule has 1 amide bonds. The van der Waals surface area contributed by atoms with E-state index in [2.05, 4.69) is 10.3 Å². The Balaban J connectivity index is 2.34. The summed E-state index contributed by atoms with van der Waals surface area (Å²) in [6.07, 6.45) is 5.78. The smallest absolute Gasteiger partial charge is 0.220 e. The van der Waals surface area contributed by atoms with Crippen LogP contribution in [0, 0.1) is 0 Å². The van der Waals surface area contributed by atoms with E-state index in [4.69, 9.17) is 5.73 Å². The number of nitrogens with one attached hydrogen (secondary N) is 1. The summed E-state index contributed by atoms with van der Waals surface area (Å²) >= 11 is 0. The van der Waals surface area contributed by atoms with Crippen LogP contribution in [0.3, 0.4) is 0 Å². The Bertz CT molecular complexity index is 313. The van der Waals surface area contributed by atoms with Crippen LogP contribution in [0.2, 0.25) is 0 Å². The zero-order chi connectivity index (χ0) is 11.8. The normalized spacial score (nSPS) is 12.1. The van der Waals surface area contributed by atoms with Gasteiger partial charge in [0.05, 0.1) is 6.04 Å². The molecule has 1 atom stereocenters. The number of aromatic nitrogens is 1. The number of unbranched alkanes of at least 4 members (excludes halogenated alkanes) is 1. The van der Waals surface area contributed by atoms with Crippen LogP contribution in [0.5, 0.6) is 0 Å². The van der Waals surface area contributed by atoms with Crippen LogP contribution in [0.4, 0.5) is 0 Å². The van der Waals surface area contributed by atoms with Crippen LogP contribution in [-0.4, -0.2) is 17.4 Å². The van der Waals surface area contributed by atoms with Gasteiger partial charge in [0, 0.05) is 18.8 Å². The minimum absolute atomic E-state index is 0.0130. The SMILES string of the molecule is C[C@H](NC(=O)CCCCN)c1cccnc1. The summed E-state index contributed by atoms with van der Waals surface area (Å²) in [5, 5.41) is 2.94. The molecule has 0 fully saturated rings. The average Bonchev–Trinajstić information content (AvgIpc) is 2.30. The number of rotatable bonds is 6. The molecule has 0 spiro atoms. The highest BCUT2D eigenvalue weighted by Crippen LogP contribution is 2.10. The van der Waals surface area contributed by atoms with Gasteiger partial charge in [0.2, 0.25) is 5.91 Å². The standard InChI is InChI=1S/C12H19N3O/c1-10(11-5-4-8-14-9-11)15-12(16)6-2-3-7-13/h4-5,8-10H,2-3,6-7,13H2,1H3,(H,15,16)/t10-/m0/s1. The first kappa shape index (κ1) is 12.6. The number of carbonyl (C=O) groups excluding carboxylic acids is 1. The maximum absolute atomic E-state index is 11.5. The van der Waals surface area contributed by atoms with Crippen molar-refractivity contribution < 1.29 is 4.79 Å². The lowest BCUT2D eigenvalue weighted by molar-refractivity contribution is -0.121. The minimum atomic E-state index is 0.0130. The number of hydrogen-bond acceptors (Lipinski definition) is 3. The van der Waals surface area contributed by atoms with Gasteiger partial charge in [-0.05, 0) is 37.9 Å². The summed E-state index contributed by atoms with van der Waals surface area (Å²) in [5.41, 5.74) is 6.39. The van der Waals surface area contributed by atoms with Crippen molar-refractivity contribution in [3.05, 3.63) is 30.1 Å². The summed E-state index contributed by atoms with van der Waals surface area (Å²) < 4.78 is 0. The van der Waals surface area contributed by atoms with Gasteiger partial charge in [-0.15, -0.1) is 0 Å². The van der Waals surface area contributed by atoms with E-state index < -0.39 is 0 Å². The molecule has 0 aliphatic heterocycles. The minimum Gasteiger partial charge on any atom is -0.350 e. The second-order valence-corrected chi connectivity index (χ2v) is 3.82. The molecule has 4 heteroatoms. The van der Waals surface area contributed by atoms with E-state index in [0.29, 0.717) is 13.0 Å². The van der Waals surface area contributed by atoms with Crippen LogP contribution in [0.25, 0.3) is 0 Å².